The third kappa shape index (κ3) is 7.15. The van der Waals surface area contributed by atoms with Crippen molar-refractivity contribution in [3.8, 4) is 11.5 Å². The van der Waals surface area contributed by atoms with Crippen LogP contribution in [0.4, 0.5) is 0 Å². The molecule has 1 aromatic heterocycles. The number of aryl methyl sites for hydroxylation is 1. The number of hydrogen-bond donors (Lipinski definition) is 2. The predicted molar refractivity (Wildman–Crippen MR) is 130 cm³/mol. The average Bonchev–Trinajstić information content (AvgIpc) is 3.21. The molecule has 174 valence electrons. The Balaban J connectivity index is 1.80. The van der Waals surface area contributed by atoms with Crippen molar-refractivity contribution in [2.45, 2.75) is 38.5 Å². The highest BCUT2D eigenvalue weighted by Gasteiger charge is 2.15. The first kappa shape index (κ1) is 25.0. The van der Waals surface area contributed by atoms with Crippen LogP contribution >= 0.6 is 35.0 Å². The molecule has 10 heteroatoms. The quantitative estimate of drug-likeness (QED) is 0.233. The molecule has 0 atom stereocenters. The van der Waals surface area contributed by atoms with Crippen molar-refractivity contribution < 1.29 is 19.4 Å². The van der Waals surface area contributed by atoms with Crippen LogP contribution in [-0.4, -0.2) is 32.9 Å². The maximum Gasteiger partial charge on any atom is 0.342 e. The monoisotopic (exact) mass is 507 g/mol. The molecule has 0 bridgehead atoms. The van der Waals surface area contributed by atoms with Gasteiger partial charge in [-0.15, -0.1) is 5.10 Å². The third-order valence-electron chi connectivity index (χ3n) is 4.37. The number of halogens is 2. The molecule has 0 aliphatic heterocycles. The van der Waals surface area contributed by atoms with Gasteiger partial charge in [0.1, 0.15) is 17.3 Å². The molecule has 0 unspecified atom stereocenters. The van der Waals surface area contributed by atoms with E-state index in [1.54, 1.807) is 42.5 Å². The van der Waals surface area contributed by atoms with Gasteiger partial charge in [-0.2, -0.15) is 0 Å². The zero-order valence-electron chi connectivity index (χ0n) is 18.1. The number of nitrogens with one attached hydrogen (secondary N) is 1. The molecule has 3 aromatic rings. The van der Waals surface area contributed by atoms with Crippen LogP contribution in [0.5, 0.6) is 11.5 Å². The molecule has 0 spiro atoms. The Kier molecular flexibility index (Phi) is 9.05. The second-order valence-electron chi connectivity index (χ2n) is 6.89. The highest BCUT2D eigenvalue weighted by molar-refractivity contribution is 8.04. The minimum atomic E-state index is -1.07. The van der Waals surface area contributed by atoms with Crippen LogP contribution in [0.15, 0.2) is 46.5 Å². The Morgan fingerprint density at radius 2 is 1.97 bits per heavy atom. The van der Waals surface area contributed by atoms with E-state index in [1.807, 2.05) is 13.8 Å². The molecular formula is C23H23Cl2N3O4S. The predicted octanol–water partition coefficient (Wildman–Crippen LogP) is 6.26. The number of aromatic amines is 1. The van der Waals surface area contributed by atoms with Crippen molar-refractivity contribution in [1.82, 2.24) is 15.2 Å². The fourth-order valence-corrected chi connectivity index (χ4v) is 4.04. The Bertz CT molecular complexity index is 1150. The molecule has 33 heavy (non-hydrogen) atoms. The second-order valence-corrected chi connectivity index (χ2v) is 8.75. The van der Waals surface area contributed by atoms with E-state index in [0.29, 0.717) is 38.9 Å². The van der Waals surface area contributed by atoms with Gasteiger partial charge in [0, 0.05) is 22.0 Å². The van der Waals surface area contributed by atoms with E-state index in [4.69, 9.17) is 32.7 Å². The van der Waals surface area contributed by atoms with Crippen LogP contribution in [0.1, 0.15) is 37.2 Å². The first-order chi connectivity index (χ1) is 15.9. The third-order valence-corrected chi connectivity index (χ3v) is 5.84. The Labute approximate surface area is 206 Å². The molecule has 0 aliphatic carbocycles. The molecule has 7 nitrogen and oxygen atoms in total. The van der Waals surface area contributed by atoms with Gasteiger partial charge in [0.05, 0.1) is 6.61 Å². The van der Waals surface area contributed by atoms with Crippen LogP contribution in [0.25, 0.3) is 6.08 Å². The number of carboxylic acids is 1. The number of nitrogens with zero attached hydrogens (tertiary/aromatic N) is 2. The lowest BCUT2D eigenvalue weighted by Gasteiger charge is -2.13. The Morgan fingerprint density at radius 3 is 2.67 bits per heavy atom. The van der Waals surface area contributed by atoms with Gasteiger partial charge in [-0.1, -0.05) is 42.3 Å². The fourth-order valence-electron chi connectivity index (χ4n) is 2.85. The van der Waals surface area contributed by atoms with Crippen molar-refractivity contribution in [3.63, 3.8) is 0 Å². The second kappa shape index (κ2) is 12.0. The fraction of sp³-hybridized carbons (Fsp3) is 0.261. The van der Waals surface area contributed by atoms with Crippen molar-refractivity contribution in [1.29, 1.82) is 0 Å². The minimum absolute atomic E-state index is 0.0844. The first-order valence-electron chi connectivity index (χ1n) is 10.3. The van der Waals surface area contributed by atoms with E-state index in [9.17, 15) is 9.90 Å². The van der Waals surface area contributed by atoms with Gasteiger partial charge in [0.2, 0.25) is 5.16 Å². The maximum atomic E-state index is 11.8. The standard InChI is InChI=1S/C23H23Cl2N3O4S/c1-3-5-21-26-23(28-27-21)33-20(22(29)30)11-14-6-9-18(19(10-14)31-4-2)32-13-15-7-8-16(24)12-17(15)25/h6-12H,3-5,13H2,1-2H3,(H,29,30)(H,26,27,28)/b20-11-. The zero-order valence-corrected chi connectivity index (χ0v) is 20.4. The van der Waals surface area contributed by atoms with Crippen LogP contribution < -0.4 is 9.47 Å². The molecule has 0 radical (unpaired) electrons. The van der Waals surface area contributed by atoms with Crippen LogP contribution in [0.2, 0.25) is 10.0 Å². The molecule has 0 fully saturated rings. The summed E-state index contributed by atoms with van der Waals surface area (Å²) in [5.74, 6) is 0.667. The summed E-state index contributed by atoms with van der Waals surface area (Å²) in [7, 11) is 0. The normalized spacial score (nSPS) is 11.5. The summed E-state index contributed by atoms with van der Waals surface area (Å²) in [5, 5.41) is 18.0. The number of thioether (sulfide) groups is 1. The van der Waals surface area contributed by atoms with Crippen molar-refractivity contribution in [3.05, 3.63) is 68.3 Å². The summed E-state index contributed by atoms with van der Waals surface area (Å²) in [6.07, 6.45) is 3.21. The van der Waals surface area contributed by atoms with E-state index in [1.165, 1.54) is 0 Å². The summed E-state index contributed by atoms with van der Waals surface area (Å²) in [6, 6.07) is 10.4. The van der Waals surface area contributed by atoms with Crippen molar-refractivity contribution in [2.24, 2.45) is 0 Å². The highest BCUT2D eigenvalue weighted by Crippen LogP contribution is 2.33. The Hall–Kier alpha value is -2.68. The van der Waals surface area contributed by atoms with E-state index in [2.05, 4.69) is 15.2 Å². The summed E-state index contributed by atoms with van der Waals surface area (Å²) < 4.78 is 11.6. The number of aliphatic carboxylic acids is 1. The van der Waals surface area contributed by atoms with Gasteiger partial charge < -0.3 is 14.6 Å². The molecule has 0 saturated carbocycles. The molecule has 0 amide bonds. The minimum Gasteiger partial charge on any atom is -0.490 e. The topological polar surface area (TPSA) is 97.3 Å². The molecule has 0 aliphatic rings. The van der Waals surface area contributed by atoms with Gasteiger partial charge in [-0.05, 0) is 61.0 Å². The maximum absolute atomic E-state index is 11.8. The lowest BCUT2D eigenvalue weighted by atomic mass is 10.2. The summed E-state index contributed by atoms with van der Waals surface area (Å²) in [4.78, 5) is 16.2. The largest absolute Gasteiger partial charge is 0.490 e. The number of benzene rings is 2. The molecule has 2 aromatic carbocycles. The number of H-pyrrole nitrogens is 1. The number of rotatable bonds is 11. The zero-order chi connectivity index (χ0) is 23.8. The lowest BCUT2D eigenvalue weighted by molar-refractivity contribution is -0.131. The van der Waals surface area contributed by atoms with E-state index in [-0.39, 0.29) is 11.5 Å². The summed E-state index contributed by atoms with van der Waals surface area (Å²) >= 11 is 13.1. The smallest absolute Gasteiger partial charge is 0.342 e. The molecule has 1 heterocycles. The molecule has 3 rings (SSSR count). The molecular weight excluding hydrogens is 485 g/mol. The van der Waals surface area contributed by atoms with Crippen molar-refractivity contribution in [2.75, 3.05) is 6.61 Å². The SMILES string of the molecule is CCCc1nc(S/C(=C\c2ccc(OCc3ccc(Cl)cc3Cl)c(OCC)c2)C(=O)O)n[nH]1. The van der Waals surface area contributed by atoms with Crippen LogP contribution in [0.3, 0.4) is 0 Å². The molecule has 0 saturated heterocycles. The van der Waals surface area contributed by atoms with Crippen molar-refractivity contribution >= 4 is 47.0 Å². The van der Waals surface area contributed by atoms with E-state index >= 15 is 0 Å². The highest BCUT2D eigenvalue weighted by atomic mass is 35.5. The Morgan fingerprint density at radius 1 is 1.15 bits per heavy atom. The van der Waals surface area contributed by atoms with Gasteiger partial charge in [-0.25, -0.2) is 9.78 Å². The summed E-state index contributed by atoms with van der Waals surface area (Å²) in [6.45, 7) is 4.54. The number of carboxylic acid groups (broad SMARTS) is 1. The van der Waals surface area contributed by atoms with E-state index < -0.39 is 5.97 Å². The van der Waals surface area contributed by atoms with Gasteiger partial charge >= 0.3 is 5.97 Å². The first-order valence-corrected chi connectivity index (χ1v) is 11.8. The molecule has 2 N–H and O–H groups in total. The van der Waals surface area contributed by atoms with Gasteiger partial charge in [0.25, 0.3) is 0 Å². The number of aromatic nitrogens is 3. The average molecular weight is 508 g/mol. The van der Waals surface area contributed by atoms with Gasteiger partial charge in [-0.3, -0.25) is 5.10 Å². The number of ether oxygens (including phenoxy) is 2. The number of hydrogen-bond acceptors (Lipinski definition) is 6. The lowest BCUT2D eigenvalue weighted by Crippen LogP contribution is -2.01. The van der Waals surface area contributed by atoms with E-state index in [0.717, 1.165) is 36.0 Å². The van der Waals surface area contributed by atoms with Crippen LogP contribution in [0, 0.1) is 0 Å². The van der Waals surface area contributed by atoms with Crippen LogP contribution in [-0.2, 0) is 17.8 Å². The summed E-state index contributed by atoms with van der Waals surface area (Å²) in [5.41, 5.74) is 1.43. The number of carbonyl (C=O) groups is 1. The van der Waals surface area contributed by atoms with Gasteiger partial charge in [0.15, 0.2) is 11.5 Å².